The Morgan fingerprint density at radius 3 is 2.41 bits per heavy atom. The van der Waals surface area contributed by atoms with Gasteiger partial charge in [-0.05, 0) is 18.2 Å². The Hall–Kier alpha value is -3.83. The van der Waals surface area contributed by atoms with Crippen molar-refractivity contribution in [2.75, 3.05) is 38.8 Å². The molecule has 1 unspecified atom stereocenters. The Kier molecular flexibility index (Phi) is 7.84. The lowest BCUT2D eigenvalue weighted by Gasteiger charge is -2.28. The summed E-state index contributed by atoms with van der Waals surface area (Å²) >= 11 is 0. The lowest BCUT2D eigenvalue weighted by Crippen LogP contribution is -2.40. The third kappa shape index (κ3) is 6.69. The largest absolute Gasteiger partial charge is 0.497 e. The number of aliphatic hydroxyl groups is 1. The van der Waals surface area contributed by atoms with Crippen LogP contribution in [0.4, 0.5) is 20.2 Å². The van der Waals surface area contributed by atoms with Crippen molar-refractivity contribution in [3.05, 3.63) is 55.0 Å². The van der Waals surface area contributed by atoms with E-state index in [1.54, 1.807) is 37.4 Å². The minimum atomic E-state index is -2.87. The summed E-state index contributed by atoms with van der Waals surface area (Å²) < 4.78 is 39.0. The lowest BCUT2D eigenvalue weighted by molar-refractivity contribution is 0.0199. The molecular weight excluding hydrogens is 482 g/mol. The Labute approximate surface area is 213 Å². The number of anilines is 2. The number of methoxy groups -OCH3 is 2. The van der Waals surface area contributed by atoms with Crippen molar-refractivity contribution in [2.45, 2.75) is 19.0 Å². The topological polar surface area (TPSA) is 97.6 Å². The fraction of sp³-hybridized carbons (Fsp3) is 0.346. The van der Waals surface area contributed by atoms with Crippen molar-refractivity contribution in [2.24, 2.45) is 7.05 Å². The van der Waals surface area contributed by atoms with Gasteiger partial charge >= 0.3 is 0 Å². The summed E-state index contributed by atoms with van der Waals surface area (Å²) in [4.78, 5) is 11.2. The van der Waals surface area contributed by atoms with E-state index in [1.807, 2.05) is 48.5 Å². The second-order valence-electron chi connectivity index (χ2n) is 8.87. The number of halogens is 2. The Balaban J connectivity index is 1.71. The van der Waals surface area contributed by atoms with Crippen LogP contribution in [-0.4, -0.2) is 70.7 Å². The first-order valence-corrected chi connectivity index (χ1v) is 11.7. The highest BCUT2D eigenvalue weighted by molar-refractivity contribution is 5.82. The fourth-order valence-corrected chi connectivity index (χ4v) is 3.90. The molecule has 4 aromatic rings. The van der Waals surface area contributed by atoms with Crippen LogP contribution < -0.4 is 19.7 Å². The van der Waals surface area contributed by atoms with Crippen molar-refractivity contribution >= 4 is 22.4 Å². The van der Waals surface area contributed by atoms with E-state index in [9.17, 15) is 13.9 Å². The van der Waals surface area contributed by atoms with Gasteiger partial charge in [0.25, 0.3) is 5.92 Å². The van der Waals surface area contributed by atoms with E-state index in [4.69, 9.17) is 14.5 Å². The van der Waals surface area contributed by atoms with E-state index in [0.29, 0.717) is 33.9 Å². The van der Waals surface area contributed by atoms with Crippen molar-refractivity contribution in [1.82, 2.24) is 25.1 Å². The third-order valence-corrected chi connectivity index (χ3v) is 5.69. The molecule has 1 atom stereocenters. The zero-order chi connectivity index (χ0) is 26.6. The predicted molar refractivity (Wildman–Crippen MR) is 138 cm³/mol. The lowest BCUT2D eigenvalue weighted by atomic mass is 10.1. The van der Waals surface area contributed by atoms with Crippen molar-refractivity contribution in [3.8, 4) is 22.8 Å². The SMILES string of the molecule is COc1cc(OC)cc(N(CC(O)CNCC(C)(F)F)c2ccc3ncc(-c4cnn(C)c4)nc3c2)c1. The maximum absolute atomic E-state index is 13.2. The van der Waals surface area contributed by atoms with E-state index in [1.165, 1.54) is 0 Å². The van der Waals surface area contributed by atoms with Crippen LogP contribution in [0.2, 0.25) is 0 Å². The van der Waals surface area contributed by atoms with E-state index >= 15 is 0 Å². The van der Waals surface area contributed by atoms with Crippen LogP contribution in [0.25, 0.3) is 22.3 Å². The van der Waals surface area contributed by atoms with E-state index < -0.39 is 18.6 Å². The molecule has 11 heteroatoms. The summed E-state index contributed by atoms with van der Waals surface area (Å²) in [6, 6.07) is 10.9. The quantitative estimate of drug-likeness (QED) is 0.313. The van der Waals surface area contributed by atoms with E-state index in [0.717, 1.165) is 18.2 Å². The average molecular weight is 513 g/mol. The summed E-state index contributed by atoms with van der Waals surface area (Å²) in [5, 5.41) is 17.6. The average Bonchev–Trinajstić information content (AvgIpc) is 3.31. The number of nitrogens with zero attached hydrogens (tertiary/aromatic N) is 5. The van der Waals surface area contributed by atoms with Gasteiger partial charge in [0.15, 0.2) is 0 Å². The summed E-state index contributed by atoms with van der Waals surface area (Å²) in [6.45, 7) is 0.399. The summed E-state index contributed by atoms with van der Waals surface area (Å²) in [6.07, 6.45) is 4.32. The maximum atomic E-state index is 13.2. The number of aromatic nitrogens is 4. The van der Waals surface area contributed by atoms with Crippen molar-refractivity contribution < 1.29 is 23.4 Å². The van der Waals surface area contributed by atoms with Gasteiger partial charge in [-0.3, -0.25) is 9.67 Å². The number of benzene rings is 2. The molecule has 0 radical (unpaired) electrons. The molecule has 0 spiro atoms. The van der Waals surface area contributed by atoms with Crippen molar-refractivity contribution in [1.29, 1.82) is 0 Å². The number of fused-ring (bicyclic) bond motifs is 1. The number of hydrogen-bond acceptors (Lipinski definition) is 8. The van der Waals surface area contributed by atoms with E-state index in [2.05, 4.69) is 15.4 Å². The second kappa shape index (κ2) is 11.1. The number of aliphatic hydroxyl groups excluding tert-OH is 1. The van der Waals surface area contributed by atoms with Crippen LogP contribution in [0.1, 0.15) is 6.92 Å². The first-order valence-electron chi connectivity index (χ1n) is 11.7. The maximum Gasteiger partial charge on any atom is 0.257 e. The summed E-state index contributed by atoms with van der Waals surface area (Å²) in [7, 11) is 4.94. The Morgan fingerprint density at radius 1 is 1.05 bits per heavy atom. The third-order valence-electron chi connectivity index (χ3n) is 5.69. The highest BCUT2D eigenvalue weighted by Gasteiger charge is 2.22. The van der Waals surface area contributed by atoms with Crippen LogP contribution in [0.3, 0.4) is 0 Å². The fourth-order valence-electron chi connectivity index (χ4n) is 3.90. The smallest absolute Gasteiger partial charge is 0.257 e. The zero-order valence-electron chi connectivity index (χ0n) is 21.2. The monoisotopic (exact) mass is 512 g/mol. The standard InChI is InChI=1S/C26H30F2N6O3/c1-26(27,28)16-29-12-20(35)15-34(19-7-21(36-3)10-22(8-19)37-4)18-5-6-23-24(9-18)32-25(13-30-23)17-11-31-33(2)14-17/h5-11,13-14,20,29,35H,12,15-16H2,1-4H3. The minimum absolute atomic E-state index is 0.0143. The molecule has 2 heterocycles. The number of ether oxygens (including phenoxy) is 2. The molecule has 0 bridgehead atoms. The second-order valence-corrected chi connectivity index (χ2v) is 8.87. The molecule has 9 nitrogen and oxygen atoms in total. The van der Waals surface area contributed by atoms with Gasteiger partial charge in [0.05, 0.1) is 62.5 Å². The number of alkyl halides is 2. The highest BCUT2D eigenvalue weighted by Crippen LogP contribution is 2.34. The molecule has 0 saturated carbocycles. The first-order chi connectivity index (χ1) is 17.6. The normalized spacial score (nSPS) is 12.5. The van der Waals surface area contributed by atoms with Crippen LogP contribution >= 0.6 is 0 Å². The number of nitrogens with one attached hydrogen (secondary N) is 1. The van der Waals surface area contributed by atoms with Gasteiger partial charge in [-0.25, -0.2) is 13.8 Å². The highest BCUT2D eigenvalue weighted by atomic mass is 19.3. The van der Waals surface area contributed by atoms with Crippen LogP contribution in [0.15, 0.2) is 55.0 Å². The summed E-state index contributed by atoms with van der Waals surface area (Å²) in [5.74, 6) is -1.74. The van der Waals surface area contributed by atoms with Gasteiger partial charge in [-0.1, -0.05) is 0 Å². The van der Waals surface area contributed by atoms with Gasteiger partial charge < -0.3 is 24.8 Å². The van der Waals surface area contributed by atoms with Gasteiger partial charge in [0.1, 0.15) is 11.5 Å². The molecule has 196 valence electrons. The molecular formula is C26H30F2N6O3. The molecule has 4 rings (SSSR count). The van der Waals surface area contributed by atoms with Gasteiger partial charge in [-0.15, -0.1) is 0 Å². The van der Waals surface area contributed by atoms with E-state index in [-0.39, 0.29) is 13.1 Å². The van der Waals surface area contributed by atoms with Gasteiger partial charge in [0, 0.05) is 61.9 Å². The minimum Gasteiger partial charge on any atom is -0.497 e. The molecule has 0 fully saturated rings. The summed E-state index contributed by atoms with van der Waals surface area (Å²) in [5.41, 5.74) is 4.28. The molecule has 2 aromatic heterocycles. The molecule has 0 amide bonds. The van der Waals surface area contributed by atoms with Crippen LogP contribution in [0, 0.1) is 0 Å². The molecule has 2 N–H and O–H groups in total. The van der Waals surface area contributed by atoms with Crippen LogP contribution in [0.5, 0.6) is 11.5 Å². The van der Waals surface area contributed by atoms with Crippen LogP contribution in [-0.2, 0) is 7.05 Å². The first kappa shape index (κ1) is 26.2. The Bertz CT molecular complexity index is 1340. The zero-order valence-corrected chi connectivity index (χ0v) is 21.2. The molecule has 0 aliphatic heterocycles. The number of aryl methyl sites for hydroxylation is 1. The molecule has 0 aliphatic carbocycles. The number of rotatable bonds is 11. The van der Waals surface area contributed by atoms with Crippen molar-refractivity contribution in [3.63, 3.8) is 0 Å². The van der Waals surface area contributed by atoms with Gasteiger partial charge in [-0.2, -0.15) is 5.10 Å². The Morgan fingerprint density at radius 2 is 1.78 bits per heavy atom. The molecule has 0 aliphatic rings. The predicted octanol–water partition coefficient (Wildman–Crippen LogP) is 3.79. The van der Waals surface area contributed by atoms with Gasteiger partial charge in [0.2, 0.25) is 0 Å². The molecule has 0 saturated heterocycles. The molecule has 37 heavy (non-hydrogen) atoms. The number of hydrogen-bond donors (Lipinski definition) is 2. The molecule has 2 aromatic carbocycles.